The van der Waals surface area contributed by atoms with Crippen molar-refractivity contribution in [3.63, 3.8) is 0 Å². The van der Waals surface area contributed by atoms with Gasteiger partial charge in [-0.05, 0) is 12.1 Å². The predicted molar refractivity (Wildman–Crippen MR) is 52.6 cm³/mol. The molecular formula is C11H8NNaO3. The Morgan fingerprint density at radius 3 is 2.69 bits per heavy atom. The molecule has 1 heterocycles. The summed E-state index contributed by atoms with van der Waals surface area (Å²) >= 11 is 0. The minimum atomic E-state index is -1.29. The van der Waals surface area contributed by atoms with Crippen LogP contribution in [-0.2, 0) is 0 Å². The van der Waals surface area contributed by atoms with E-state index in [9.17, 15) is 9.90 Å². The number of fused-ring (bicyclic) bond motifs is 1. The molecule has 0 radical (unpaired) electrons. The third-order valence-corrected chi connectivity index (χ3v) is 2.15. The zero-order valence-electron chi connectivity index (χ0n) is 9.06. The molecule has 5 heteroatoms. The molecule has 76 valence electrons. The predicted octanol–water partition coefficient (Wildman–Crippen LogP) is -2.39. The number of methoxy groups -OCH3 is 1. The van der Waals surface area contributed by atoms with Gasteiger partial charge in [0.15, 0.2) is 0 Å². The zero-order chi connectivity index (χ0) is 10.8. The Morgan fingerprint density at radius 2 is 2.06 bits per heavy atom. The van der Waals surface area contributed by atoms with Crippen LogP contribution in [0.5, 0.6) is 5.75 Å². The van der Waals surface area contributed by atoms with Gasteiger partial charge in [-0.1, -0.05) is 12.1 Å². The molecule has 2 aromatic rings. The van der Waals surface area contributed by atoms with Gasteiger partial charge in [-0.15, -0.1) is 0 Å². The second-order valence-electron chi connectivity index (χ2n) is 3.01. The van der Waals surface area contributed by atoms with E-state index in [1.165, 1.54) is 13.3 Å². The molecular weight excluding hydrogens is 217 g/mol. The second-order valence-corrected chi connectivity index (χ2v) is 3.01. The normalized spacial score (nSPS) is 9.56. The molecule has 1 aromatic carbocycles. The first kappa shape index (κ1) is 13.0. The van der Waals surface area contributed by atoms with E-state index < -0.39 is 5.97 Å². The summed E-state index contributed by atoms with van der Waals surface area (Å²) in [6.07, 6.45) is 1.25. The molecule has 0 atom stereocenters. The summed E-state index contributed by atoms with van der Waals surface area (Å²) in [5, 5.41) is 11.5. The summed E-state index contributed by atoms with van der Waals surface area (Å²) in [5.41, 5.74) is 0.663. The van der Waals surface area contributed by atoms with Gasteiger partial charge in [0, 0.05) is 11.6 Å². The van der Waals surface area contributed by atoms with Crippen LogP contribution >= 0.6 is 0 Å². The van der Waals surface area contributed by atoms with E-state index in [2.05, 4.69) is 4.98 Å². The molecule has 0 aliphatic heterocycles. The van der Waals surface area contributed by atoms with Crippen LogP contribution in [0.2, 0.25) is 0 Å². The maximum atomic E-state index is 10.8. The van der Waals surface area contributed by atoms with Gasteiger partial charge in [-0.2, -0.15) is 0 Å². The quantitative estimate of drug-likeness (QED) is 0.535. The first-order valence-electron chi connectivity index (χ1n) is 4.37. The van der Waals surface area contributed by atoms with E-state index in [1.807, 2.05) is 6.07 Å². The van der Waals surface area contributed by atoms with E-state index in [4.69, 9.17) is 4.74 Å². The van der Waals surface area contributed by atoms with Gasteiger partial charge < -0.3 is 14.6 Å². The van der Waals surface area contributed by atoms with Gasteiger partial charge in [0.2, 0.25) is 0 Å². The number of ether oxygens (including phenoxy) is 1. The van der Waals surface area contributed by atoms with E-state index in [-0.39, 0.29) is 35.1 Å². The molecule has 2 rings (SSSR count). The van der Waals surface area contributed by atoms with Crippen LogP contribution in [0.15, 0.2) is 30.5 Å². The molecule has 4 nitrogen and oxygen atoms in total. The van der Waals surface area contributed by atoms with Gasteiger partial charge >= 0.3 is 29.6 Å². The van der Waals surface area contributed by atoms with Crippen LogP contribution in [0.3, 0.4) is 0 Å². The van der Waals surface area contributed by atoms with E-state index in [1.54, 1.807) is 18.2 Å². The molecule has 0 unspecified atom stereocenters. The fourth-order valence-electron chi connectivity index (χ4n) is 1.48. The van der Waals surface area contributed by atoms with Crippen LogP contribution in [0.25, 0.3) is 10.9 Å². The van der Waals surface area contributed by atoms with Crippen molar-refractivity contribution in [1.29, 1.82) is 0 Å². The minimum Gasteiger partial charge on any atom is -0.545 e. The maximum absolute atomic E-state index is 10.8. The number of hydrogen-bond donors (Lipinski definition) is 0. The number of para-hydroxylation sites is 1. The number of carbonyl (C=O) groups excluding carboxylic acids is 1. The van der Waals surface area contributed by atoms with Crippen molar-refractivity contribution in [1.82, 2.24) is 4.98 Å². The number of rotatable bonds is 2. The Morgan fingerprint density at radius 1 is 1.38 bits per heavy atom. The van der Waals surface area contributed by atoms with Gasteiger partial charge in [0.25, 0.3) is 0 Å². The van der Waals surface area contributed by atoms with E-state index in [0.717, 1.165) is 0 Å². The van der Waals surface area contributed by atoms with Crippen molar-refractivity contribution in [3.05, 3.63) is 36.0 Å². The van der Waals surface area contributed by atoms with Crippen LogP contribution in [0.4, 0.5) is 0 Å². The summed E-state index contributed by atoms with van der Waals surface area (Å²) in [6.45, 7) is 0. The first-order valence-corrected chi connectivity index (χ1v) is 4.37. The van der Waals surface area contributed by atoms with Gasteiger partial charge in [-0.3, -0.25) is 4.98 Å². The Labute approximate surface area is 115 Å². The van der Waals surface area contributed by atoms with Crippen molar-refractivity contribution in [3.8, 4) is 5.75 Å². The smallest absolute Gasteiger partial charge is 0.545 e. The molecule has 0 fully saturated rings. The Bertz CT molecular complexity index is 528. The molecule has 0 N–H and O–H groups in total. The Balaban J connectivity index is 0.00000128. The minimum absolute atomic E-state index is 0. The average molecular weight is 225 g/mol. The van der Waals surface area contributed by atoms with Crippen molar-refractivity contribution in [2.75, 3.05) is 7.11 Å². The summed E-state index contributed by atoms with van der Waals surface area (Å²) in [5.74, 6) is -0.995. The van der Waals surface area contributed by atoms with E-state index >= 15 is 0 Å². The number of pyridine rings is 1. The molecule has 0 aliphatic carbocycles. The van der Waals surface area contributed by atoms with Gasteiger partial charge in [0.05, 0.1) is 24.2 Å². The zero-order valence-corrected chi connectivity index (χ0v) is 11.1. The van der Waals surface area contributed by atoms with Crippen molar-refractivity contribution < 1.29 is 44.2 Å². The molecule has 1 aromatic heterocycles. The monoisotopic (exact) mass is 225 g/mol. The van der Waals surface area contributed by atoms with Gasteiger partial charge in [0.1, 0.15) is 5.75 Å². The molecule has 0 saturated heterocycles. The second kappa shape index (κ2) is 5.30. The van der Waals surface area contributed by atoms with Crippen LogP contribution in [0, 0.1) is 0 Å². The van der Waals surface area contributed by atoms with Crippen LogP contribution < -0.4 is 39.4 Å². The summed E-state index contributed by atoms with van der Waals surface area (Å²) in [4.78, 5) is 14.8. The number of carboxylic acid groups (broad SMARTS) is 1. The van der Waals surface area contributed by atoms with Crippen molar-refractivity contribution in [2.45, 2.75) is 0 Å². The Hall–Kier alpha value is -1.10. The van der Waals surface area contributed by atoms with Crippen molar-refractivity contribution >= 4 is 16.9 Å². The fraction of sp³-hybridized carbons (Fsp3) is 0.0909. The third-order valence-electron chi connectivity index (χ3n) is 2.15. The Kier molecular flexibility index (Phi) is 4.29. The van der Waals surface area contributed by atoms with E-state index in [0.29, 0.717) is 16.7 Å². The standard InChI is InChI=1S/C11H9NO3.Na/c1-15-10-7-4-2-3-5-9(7)12-6-8(10)11(13)14;/h2-6H,1H3,(H,13,14);/q;+1/p-1. The molecule has 0 saturated carbocycles. The number of hydrogen-bond acceptors (Lipinski definition) is 4. The summed E-state index contributed by atoms with van der Waals surface area (Å²) < 4.78 is 5.06. The average Bonchev–Trinajstić information content (AvgIpc) is 2.27. The number of carbonyl (C=O) groups is 1. The summed E-state index contributed by atoms with van der Waals surface area (Å²) in [6, 6.07) is 7.17. The maximum Gasteiger partial charge on any atom is 1.00 e. The molecule has 0 spiro atoms. The number of aromatic carboxylic acids is 1. The number of aromatic nitrogens is 1. The fourth-order valence-corrected chi connectivity index (χ4v) is 1.48. The summed E-state index contributed by atoms with van der Waals surface area (Å²) in [7, 11) is 1.42. The van der Waals surface area contributed by atoms with Crippen LogP contribution in [0.1, 0.15) is 10.4 Å². The number of carboxylic acids is 1. The molecule has 0 bridgehead atoms. The largest absolute Gasteiger partial charge is 1.00 e. The number of benzene rings is 1. The van der Waals surface area contributed by atoms with Crippen molar-refractivity contribution in [2.24, 2.45) is 0 Å². The molecule has 0 aliphatic rings. The SMILES string of the molecule is COc1c(C(=O)[O-])cnc2ccccc12.[Na+]. The van der Waals surface area contributed by atoms with Gasteiger partial charge in [-0.25, -0.2) is 0 Å². The van der Waals surface area contributed by atoms with Crippen LogP contribution in [-0.4, -0.2) is 18.1 Å². The number of nitrogens with zero attached hydrogens (tertiary/aromatic N) is 1. The molecule has 0 amide bonds. The third kappa shape index (κ3) is 2.19. The molecule has 16 heavy (non-hydrogen) atoms. The first-order chi connectivity index (χ1) is 7.24. The topological polar surface area (TPSA) is 62.2 Å².